The van der Waals surface area contributed by atoms with Crippen LogP contribution in [0.5, 0.6) is 0 Å². The minimum Gasteiger partial charge on any atom is -0.371 e. The van der Waals surface area contributed by atoms with Gasteiger partial charge in [-0.15, -0.1) is 0 Å². The second kappa shape index (κ2) is 10.6. The van der Waals surface area contributed by atoms with Crippen LogP contribution in [0.2, 0.25) is 0 Å². The number of anilines is 1. The van der Waals surface area contributed by atoms with Crippen LogP contribution < -0.4 is 5.32 Å². The van der Waals surface area contributed by atoms with Crippen molar-refractivity contribution in [3.8, 4) is 0 Å². The second-order valence-electron chi connectivity index (χ2n) is 5.71. The molecule has 1 N–H and O–H groups in total. The Bertz CT molecular complexity index is 396. The summed E-state index contributed by atoms with van der Waals surface area (Å²) in [5.74, 6) is 1.67. The molecule has 4 nitrogen and oxygen atoms in total. The highest BCUT2D eigenvalue weighted by Gasteiger charge is 2.06. The molecular formula is C17H31N3O. The van der Waals surface area contributed by atoms with Crippen molar-refractivity contribution in [2.24, 2.45) is 0 Å². The zero-order chi connectivity index (χ0) is 15.5. The average molecular weight is 293 g/mol. The molecule has 0 aliphatic rings. The van der Waals surface area contributed by atoms with E-state index in [1.54, 1.807) is 0 Å². The fraction of sp³-hybridized carbons (Fsp3) is 0.765. The largest absolute Gasteiger partial charge is 0.371 e. The van der Waals surface area contributed by atoms with E-state index in [2.05, 4.69) is 36.1 Å². The van der Waals surface area contributed by atoms with Gasteiger partial charge in [-0.25, -0.2) is 9.97 Å². The lowest BCUT2D eigenvalue weighted by Gasteiger charge is -2.13. The Balaban J connectivity index is 2.38. The molecule has 1 unspecified atom stereocenters. The van der Waals surface area contributed by atoms with Crippen molar-refractivity contribution in [3.05, 3.63) is 17.6 Å². The number of aromatic nitrogens is 2. The number of hydrogen-bond acceptors (Lipinski definition) is 4. The van der Waals surface area contributed by atoms with Gasteiger partial charge in [0.05, 0.1) is 6.10 Å². The predicted molar refractivity (Wildman–Crippen MR) is 88.6 cm³/mol. The first-order valence-electron chi connectivity index (χ1n) is 8.35. The lowest BCUT2D eigenvalue weighted by molar-refractivity contribution is 0.0419. The molecule has 21 heavy (non-hydrogen) atoms. The molecule has 120 valence electrons. The molecule has 1 rings (SSSR count). The third-order valence-electron chi connectivity index (χ3n) is 3.42. The van der Waals surface area contributed by atoms with Gasteiger partial charge in [-0.1, -0.05) is 39.5 Å². The molecule has 1 heterocycles. The number of rotatable bonds is 11. The van der Waals surface area contributed by atoms with Gasteiger partial charge in [-0.05, 0) is 26.7 Å². The normalized spacial score (nSPS) is 12.4. The third-order valence-corrected chi connectivity index (χ3v) is 3.42. The number of unbranched alkanes of at least 4 members (excludes halogenated alkanes) is 3. The second-order valence-corrected chi connectivity index (χ2v) is 5.71. The third kappa shape index (κ3) is 8.00. The summed E-state index contributed by atoms with van der Waals surface area (Å²) in [6, 6.07) is 1.98. The van der Waals surface area contributed by atoms with Crippen molar-refractivity contribution in [1.82, 2.24) is 9.97 Å². The first kappa shape index (κ1) is 17.9. The number of aryl methyl sites for hydroxylation is 1. The van der Waals surface area contributed by atoms with Gasteiger partial charge in [0.1, 0.15) is 12.4 Å². The van der Waals surface area contributed by atoms with E-state index < -0.39 is 0 Å². The van der Waals surface area contributed by atoms with Crippen LogP contribution in [0.1, 0.15) is 70.8 Å². The van der Waals surface area contributed by atoms with Crippen LogP contribution in [0.3, 0.4) is 0 Å². The van der Waals surface area contributed by atoms with Crippen molar-refractivity contribution in [3.63, 3.8) is 0 Å². The Morgan fingerprint density at radius 3 is 2.67 bits per heavy atom. The SMILES string of the molecule is CCCCCCC(C)OCc1nc(C)cc(NCCC)n1. The van der Waals surface area contributed by atoms with E-state index in [9.17, 15) is 0 Å². The highest BCUT2D eigenvalue weighted by molar-refractivity contribution is 5.35. The number of hydrogen-bond donors (Lipinski definition) is 1. The summed E-state index contributed by atoms with van der Waals surface area (Å²) >= 11 is 0. The van der Waals surface area contributed by atoms with Gasteiger partial charge in [0.25, 0.3) is 0 Å². The van der Waals surface area contributed by atoms with Crippen molar-refractivity contribution < 1.29 is 4.74 Å². The van der Waals surface area contributed by atoms with Crippen LogP contribution >= 0.6 is 0 Å². The molecule has 1 atom stereocenters. The van der Waals surface area contributed by atoms with Gasteiger partial charge in [0.2, 0.25) is 0 Å². The molecule has 1 aromatic heterocycles. The van der Waals surface area contributed by atoms with Gasteiger partial charge in [-0.3, -0.25) is 0 Å². The molecule has 0 amide bonds. The van der Waals surface area contributed by atoms with Gasteiger partial charge in [-0.2, -0.15) is 0 Å². The standard InChI is InChI=1S/C17H31N3O/c1-5-7-8-9-10-15(4)21-13-17-19-14(3)12-16(20-17)18-11-6-2/h12,15H,5-11,13H2,1-4H3,(H,18,19,20). The lowest BCUT2D eigenvalue weighted by atomic mass is 10.1. The fourth-order valence-corrected chi connectivity index (χ4v) is 2.20. The van der Waals surface area contributed by atoms with E-state index in [-0.39, 0.29) is 6.10 Å². The minimum atomic E-state index is 0.276. The molecule has 0 aliphatic carbocycles. The van der Waals surface area contributed by atoms with E-state index in [1.165, 1.54) is 25.7 Å². The van der Waals surface area contributed by atoms with E-state index in [1.807, 2.05) is 13.0 Å². The molecule has 0 saturated carbocycles. The number of nitrogens with one attached hydrogen (secondary N) is 1. The van der Waals surface area contributed by atoms with Crippen LogP contribution in [0.15, 0.2) is 6.07 Å². The maximum atomic E-state index is 5.87. The van der Waals surface area contributed by atoms with E-state index in [4.69, 9.17) is 4.74 Å². The summed E-state index contributed by atoms with van der Waals surface area (Å²) in [4.78, 5) is 8.95. The molecule has 1 aromatic rings. The summed E-state index contributed by atoms with van der Waals surface area (Å²) in [5.41, 5.74) is 0.984. The van der Waals surface area contributed by atoms with Crippen molar-refractivity contribution in [1.29, 1.82) is 0 Å². The van der Waals surface area contributed by atoms with E-state index in [0.717, 1.165) is 36.7 Å². The van der Waals surface area contributed by atoms with Crippen LogP contribution in [-0.4, -0.2) is 22.6 Å². The Kier molecular flexibility index (Phi) is 8.99. The van der Waals surface area contributed by atoms with Crippen molar-refractivity contribution >= 4 is 5.82 Å². The topological polar surface area (TPSA) is 47.0 Å². The monoisotopic (exact) mass is 293 g/mol. The molecule has 0 spiro atoms. The van der Waals surface area contributed by atoms with Crippen molar-refractivity contribution in [2.45, 2.75) is 78.9 Å². The molecule has 0 bridgehead atoms. The summed E-state index contributed by atoms with van der Waals surface area (Å²) in [7, 11) is 0. The Morgan fingerprint density at radius 2 is 1.95 bits per heavy atom. The van der Waals surface area contributed by atoms with Gasteiger partial charge in [0.15, 0.2) is 5.82 Å². The number of ether oxygens (including phenoxy) is 1. The first-order valence-corrected chi connectivity index (χ1v) is 8.35. The smallest absolute Gasteiger partial charge is 0.156 e. The van der Waals surface area contributed by atoms with Crippen molar-refractivity contribution in [2.75, 3.05) is 11.9 Å². The van der Waals surface area contributed by atoms with Gasteiger partial charge >= 0.3 is 0 Å². The minimum absolute atomic E-state index is 0.276. The highest BCUT2D eigenvalue weighted by atomic mass is 16.5. The van der Waals surface area contributed by atoms with E-state index in [0.29, 0.717) is 6.61 Å². The fourth-order valence-electron chi connectivity index (χ4n) is 2.20. The molecule has 0 saturated heterocycles. The van der Waals surface area contributed by atoms with Gasteiger partial charge < -0.3 is 10.1 Å². The van der Waals surface area contributed by atoms with Crippen LogP contribution in [-0.2, 0) is 11.3 Å². The predicted octanol–water partition coefficient (Wildman–Crippen LogP) is 4.48. The molecule has 0 fully saturated rings. The Labute approximate surface area is 129 Å². The Hall–Kier alpha value is -1.16. The number of nitrogens with zero attached hydrogens (tertiary/aromatic N) is 2. The summed E-state index contributed by atoms with van der Waals surface area (Å²) in [6.45, 7) is 9.95. The summed E-state index contributed by atoms with van der Waals surface area (Å²) in [6.07, 6.45) is 7.62. The maximum absolute atomic E-state index is 5.87. The Morgan fingerprint density at radius 1 is 1.14 bits per heavy atom. The highest BCUT2D eigenvalue weighted by Crippen LogP contribution is 2.11. The first-order chi connectivity index (χ1) is 10.2. The van der Waals surface area contributed by atoms with Crippen LogP contribution in [0, 0.1) is 6.92 Å². The quantitative estimate of drug-likeness (QED) is 0.611. The molecule has 0 radical (unpaired) electrons. The van der Waals surface area contributed by atoms with Crippen LogP contribution in [0.4, 0.5) is 5.82 Å². The average Bonchev–Trinajstić information content (AvgIpc) is 2.47. The van der Waals surface area contributed by atoms with Gasteiger partial charge in [0, 0.05) is 18.3 Å². The lowest BCUT2D eigenvalue weighted by Crippen LogP contribution is -2.11. The molecule has 0 aromatic carbocycles. The molecule has 0 aliphatic heterocycles. The zero-order valence-corrected chi connectivity index (χ0v) is 14.1. The zero-order valence-electron chi connectivity index (χ0n) is 14.1. The molecule has 4 heteroatoms. The summed E-state index contributed by atoms with van der Waals surface area (Å²) < 4.78 is 5.87. The summed E-state index contributed by atoms with van der Waals surface area (Å²) in [5, 5.41) is 3.30. The van der Waals surface area contributed by atoms with Crippen LogP contribution in [0.25, 0.3) is 0 Å². The molecular weight excluding hydrogens is 262 g/mol. The van der Waals surface area contributed by atoms with E-state index >= 15 is 0 Å². The maximum Gasteiger partial charge on any atom is 0.156 e.